The van der Waals surface area contributed by atoms with Crippen LogP contribution in [-0.2, 0) is 23.8 Å². The fourth-order valence-electron chi connectivity index (χ4n) is 1.44. The lowest BCUT2D eigenvalue weighted by Crippen LogP contribution is -2.22. The van der Waals surface area contributed by atoms with Crippen LogP contribution in [0, 0.1) is 0 Å². The Labute approximate surface area is 94.4 Å². The van der Waals surface area contributed by atoms with E-state index in [9.17, 15) is 9.59 Å². The van der Waals surface area contributed by atoms with Gasteiger partial charge in [0.2, 0.25) is 0 Å². The van der Waals surface area contributed by atoms with E-state index < -0.39 is 24.0 Å². The zero-order valence-electron chi connectivity index (χ0n) is 9.64. The molecular formula is C11H16O5. The van der Waals surface area contributed by atoms with E-state index in [0.717, 1.165) is 0 Å². The van der Waals surface area contributed by atoms with E-state index in [1.165, 1.54) is 12.2 Å². The SMILES string of the molecule is CCOC(=O)/C=C\[C@@H]1OC(C)(C)O[C@@H]1C=O. The van der Waals surface area contributed by atoms with Crippen LogP contribution in [0.1, 0.15) is 20.8 Å². The first-order valence-corrected chi connectivity index (χ1v) is 5.14. The fourth-order valence-corrected chi connectivity index (χ4v) is 1.44. The van der Waals surface area contributed by atoms with Gasteiger partial charge in [0.15, 0.2) is 12.1 Å². The number of ether oxygens (including phenoxy) is 3. The monoisotopic (exact) mass is 228 g/mol. The van der Waals surface area contributed by atoms with Gasteiger partial charge < -0.3 is 19.0 Å². The molecule has 0 aromatic carbocycles. The molecule has 0 bridgehead atoms. The third-order valence-corrected chi connectivity index (χ3v) is 2.01. The summed E-state index contributed by atoms with van der Waals surface area (Å²) in [6.07, 6.45) is 2.16. The van der Waals surface area contributed by atoms with E-state index >= 15 is 0 Å². The van der Waals surface area contributed by atoms with Crippen LogP contribution in [0.3, 0.4) is 0 Å². The van der Waals surface area contributed by atoms with Crippen LogP contribution < -0.4 is 0 Å². The van der Waals surface area contributed by atoms with Crippen LogP contribution in [0.15, 0.2) is 12.2 Å². The van der Waals surface area contributed by atoms with E-state index in [1.54, 1.807) is 20.8 Å². The van der Waals surface area contributed by atoms with Gasteiger partial charge in [-0.05, 0) is 26.8 Å². The van der Waals surface area contributed by atoms with Gasteiger partial charge >= 0.3 is 5.97 Å². The molecule has 0 spiro atoms. The highest BCUT2D eigenvalue weighted by Gasteiger charge is 2.39. The van der Waals surface area contributed by atoms with Crippen LogP contribution in [0.4, 0.5) is 0 Å². The Balaban J connectivity index is 2.59. The van der Waals surface area contributed by atoms with Gasteiger partial charge in [-0.2, -0.15) is 0 Å². The average molecular weight is 228 g/mol. The molecule has 1 fully saturated rings. The lowest BCUT2D eigenvalue weighted by molar-refractivity contribution is -0.148. The smallest absolute Gasteiger partial charge is 0.330 e. The predicted molar refractivity (Wildman–Crippen MR) is 55.7 cm³/mol. The standard InChI is InChI=1S/C11H16O5/c1-4-14-10(13)6-5-8-9(7-12)16-11(2,3)15-8/h5-9H,4H2,1-3H3/b6-5-/t8-,9+/m0/s1. The molecule has 1 saturated heterocycles. The number of carbonyl (C=O) groups excluding carboxylic acids is 2. The minimum absolute atomic E-state index is 0.313. The normalized spacial score (nSPS) is 28.2. The summed E-state index contributed by atoms with van der Waals surface area (Å²) >= 11 is 0. The second-order valence-electron chi connectivity index (χ2n) is 3.81. The molecule has 0 aliphatic carbocycles. The van der Waals surface area contributed by atoms with Gasteiger partial charge in [0.05, 0.1) is 6.61 Å². The highest BCUT2D eigenvalue weighted by Crippen LogP contribution is 2.27. The Bertz CT molecular complexity index is 295. The van der Waals surface area contributed by atoms with E-state index in [2.05, 4.69) is 0 Å². The summed E-state index contributed by atoms with van der Waals surface area (Å²) in [4.78, 5) is 21.8. The first-order valence-electron chi connectivity index (χ1n) is 5.14. The summed E-state index contributed by atoms with van der Waals surface area (Å²) in [5, 5.41) is 0. The predicted octanol–water partition coefficient (Wildman–Crippen LogP) is 0.825. The molecule has 5 heteroatoms. The van der Waals surface area contributed by atoms with Gasteiger partial charge in [-0.15, -0.1) is 0 Å². The van der Waals surface area contributed by atoms with Crippen LogP contribution >= 0.6 is 0 Å². The number of hydrogen-bond donors (Lipinski definition) is 0. The Hall–Kier alpha value is -1.20. The summed E-state index contributed by atoms with van der Waals surface area (Å²) in [5.41, 5.74) is 0. The number of carbonyl (C=O) groups is 2. The van der Waals surface area contributed by atoms with Crippen molar-refractivity contribution in [2.75, 3.05) is 6.61 Å². The second-order valence-corrected chi connectivity index (χ2v) is 3.81. The van der Waals surface area contributed by atoms with Crippen LogP contribution in [0.2, 0.25) is 0 Å². The van der Waals surface area contributed by atoms with Crippen molar-refractivity contribution in [1.82, 2.24) is 0 Å². The second kappa shape index (κ2) is 5.23. The molecule has 0 unspecified atom stereocenters. The zero-order chi connectivity index (χ0) is 12.2. The Morgan fingerprint density at radius 1 is 1.38 bits per heavy atom. The maximum Gasteiger partial charge on any atom is 0.330 e. The molecule has 1 rings (SSSR count). The van der Waals surface area contributed by atoms with E-state index in [-0.39, 0.29) is 0 Å². The molecule has 90 valence electrons. The quantitative estimate of drug-likeness (QED) is 0.405. The molecule has 5 nitrogen and oxygen atoms in total. The minimum atomic E-state index is -0.810. The first kappa shape index (κ1) is 12.9. The third-order valence-electron chi connectivity index (χ3n) is 2.01. The van der Waals surface area contributed by atoms with Crippen LogP contribution in [0.25, 0.3) is 0 Å². The van der Waals surface area contributed by atoms with E-state index in [1.807, 2.05) is 0 Å². The van der Waals surface area contributed by atoms with Crippen molar-refractivity contribution in [2.45, 2.75) is 38.8 Å². The fraction of sp³-hybridized carbons (Fsp3) is 0.636. The lowest BCUT2D eigenvalue weighted by atomic mass is 10.2. The molecule has 0 radical (unpaired) electrons. The Morgan fingerprint density at radius 3 is 2.56 bits per heavy atom. The number of hydrogen-bond acceptors (Lipinski definition) is 5. The Morgan fingerprint density at radius 2 is 2.00 bits per heavy atom. The summed E-state index contributed by atoms with van der Waals surface area (Å²) < 4.78 is 15.5. The van der Waals surface area contributed by atoms with E-state index in [4.69, 9.17) is 14.2 Å². The minimum Gasteiger partial charge on any atom is -0.463 e. The van der Waals surface area contributed by atoms with Crippen molar-refractivity contribution in [2.24, 2.45) is 0 Å². The van der Waals surface area contributed by atoms with Gasteiger partial charge in [-0.3, -0.25) is 0 Å². The summed E-state index contributed by atoms with van der Waals surface area (Å²) in [5.74, 6) is -1.27. The number of aldehydes is 1. The molecule has 0 N–H and O–H groups in total. The lowest BCUT2D eigenvalue weighted by Gasteiger charge is -2.15. The highest BCUT2D eigenvalue weighted by atomic mass is 16.8. The van der Waals surface area contributed by atoms with Gasteiger partial charge in [0.1, 0.15) is 12.2 Å². The van der Waals surface area contributed by atoms with Gasteiger partial charge in [0, 0.05) is 6.08 Å². The molecular weight excluding hydrogens is 212 g/mol. The largest absolute Gasteiger partial charge is 0.463 e. The first-order chi connectivity index (χ1) is 7.48. The number of rotatable bonds is 4. The summed E-state index contributed by atoms with van der Waals surface area (Å²) in [7, 11) is 0. The Kier molecular flexibility index (Phi) is 4.20. The topological polar surface area (TPSA) is 61.8 Å². The molecule has 16 heavy (non-hydrogen) atoms. The van der Waals surface area contributed by atoms with E-state index in [0.29, 0.717) is 12.9 Å². The van der Waals surface area contributed by atoms with Crippen LogP contribution in [-0.4, -0.2) is 36.9 Å². The zero-order valence-corrected chi connectivity index (χ0v) is 9.64. The summed E-state index contributed by atoms with van der Waals surface area (Å²) in [6, 6.07) is 0. The van der Waals surface area contributed by atoms with Crippen molar-refractivity contribution < 1.29 is 23.8 Å². The summed E-state index contributed by atoms with van der Waals surface area (Å²) in [6.45, 7) is 5.45. The highest BCUT2D eigenvalue weighted by molar-refractivity contribution is 5.82. The molecule has 0 amide bonds. The maximum atomic E-state index is 11.1. The molecule has 1 aliphatic heterocycles. The average Bonchev–Trinajstić information content (AvgIpc) is 2.51. The molecule has 0 aromatic heterocycles. The molecule has 2 atom stereocenters. The van der Waals surface area contributed by atoms with Crippen molar-refractivity contribution in [1.29, 1.82) is 0 Å². The molecule has 1 aliphatic rings. The van der Waals surface area contributed by atoms with Crippen molar-refractivity contribution in [3.63, 3.8) is 0 Å². The van der Waals surface area contributed by atoms with Gasteiger partial charge in [0.25, 0.3) is 0 Å². The van der Waals surface area contributed by atoms with Gasteiger partial charge in [-0.1, -0.05) is 0 Å². The molecule has 0 saturated carbocycles. The van der Waals surface area contributed by atoms with Crippen LogP contribution in [0.5, 0.6) is 0 Å². The van der Waals surface area contributed by atoms with Gasteiger partial charge in [-0.25, -0.2) is 4.79 Å². The van der Waals surface area contributed by atoms with Crippen molar-refractivity contribution >= 4 is 12.3 Å². The molecule has 1 heterocycles. The molecule has 0 aromatic rings. The maximum absolute atomic E-state index is 11.1. The van der Waals surface area contributed by atoms with Crippen molar-refractivity contribution in [3.8, 4) is 0 Å². The van der Waals surface area contributed by atoms with Crippen molar-refractivity contribution in [3.05, 3.63) is 12.2 Å². The third kappa shape index (κ3) is 3.43. The number of esters is 1.